The number of rotatable bonds is 6. The second kappa shape index (κ2) is 7.88. The summed E-state index contributed by atoms with van der Waals surface area (Å²) in [6.45, 7) is 3.74. The van der Waals surface area contributed by atoms with Crippen molar-refractivity contribution in [2.24, 2.45) is 0 Å². The van der Waals surface area contributed by atoms with Gasteiger partial charge in [0, 0.05) is 12.1 Å². The van der Waals surface area contributed by atoms with E-state index in [4.69, 9.17) is 16.7 Å². The lowest BCUT2D eigenvalue weighted by molar-refractivity contribution is -0.139. The topological polar surface area (TPSA) is 69.6 Å². The van der Waals surface area contributed by atoms with E-state index >= 15 is 0 Å². The van der Waals surface area contributed by atoms with Gasteiger partial charge in [0.15, 0.2) is 0 Å². The minimum atomic E-state index is -1.02. The normalized spacial score (nSPS) is 13.3. The summed E-state index contributed by atoms with van der Waals surface area (Å²) in [5.74, 6) is -1.02. The van der Waals surface area contributed by atoms with E-state index in [1.54, 1.807) is 19.2 Å². The van der Waals surface area contributed by atoms with Crippen molar-refractivity contribution in [1.82, 2.24) is 10.2 Å². The zero-order valence-electron chi connectivity index (χ0n) is 12.5. The first-order valence-corrected chi connectivity index (χ1v) is 7.26. The molecule has 0 bridgehead atoms. The molecule has 2 atom stereocenters. The molecule has 0 saturated heterocycles. The summed E-state index contributed by atoms with van der Waals surface area (Å²) in [6, 6.07) is 5.76. The molecule has 0 fully saturated rings. The second-order valence-corrected chi connectivity index (χ2v) is 5.41. The van der Waals surface area contributed by atoms with Gasteiger partial charge in [0.2, 0.25) is 0 Å². The first kappa shape index (κ1) is 17.3. The Morgan fingerprint density at radius 3 is 2.62 bits per heavy atom. The highest BCUT2D eigenvalue weighted by atomic mass is 35.5. The van der Waals surface area contributed by atoms with E-state index in [0.717, 1.165) is 5.56 Å². The average Bonchev–Trinajstić information content (AvgIpc) is 2.44. The van der Waals surface area contributed by atoms with Crippen molar-refractivity contribution in [3.63, 3.8) is 0 Å². The number of carbonyl (C=O) groups is 2. The SMILES string of the molecule is CCC[C@@H](NC(=O)N(C)C(C)c1cccc(Cl)c1)C(=O)O. The minimum absolute atomic E-state index is 0.209. The molecule has 21 heavy (non-hydrogen) atoms. The lowest BCUT2D eigenvalue weighted by atomic mass is 10.1. The van der Waals surface area contributed by atoms with Gasteiger partial charge in [-0.1, -0.05) is 37.1 Å². The number of carboxylic acid groups (broad SMARTS) is 1. The number of urea groups is 1. The summed E-state index contributed by atoms with van der Waals surface area (Å²) in [7, 11) is 1.63. The van der Waals surface area contributed by atoms with Crippen molar-refractivity contribution in [1.29, 1.82) is 0 Å². The highest BCUT2D eigenvalue weighted by Crippen LogP contribution is 2.21. The van der Waals surface area contributed by atoms with Crippen LogP contribution in [0.4, 0.5) is 4.79 Å². The zero-order valence-corrected chi connectivity index (χ0v) is 13.2. The van der Waals surface area contributed by atoms with Gasteiger partial charge in [-0.25, -0.2) is 9.59 Å². The van der Waals surface area contributed by atoms with Crippen molar-refractivity contribution in [2.75, 3.05) is 7.05 Å². The molecular weight excluding hydrogens is 292 g/mol. The van der Waals surface area contributed by atoms with E-state index in [9.17, 15) is 9.59 Å². The van der Waals surface area contributed by atoms with Gasteiger partial charge in [0.1, 0.15) is 6.04 Å². The average molecular weight is 313 g/mol. The molecule has 0 saturated carbocycles. The fourth-order valence-corrected chi connectivity index (χ4v) is 2.16. The van der Waals surface area contributed by atoms with Crippen molar-refractivity contribution >= 4 is 23.6 Å². The van der Waals surface area contributed by atoms with Gasteiger partial charge in [0.05, 0.1) is 6.04 Å². The maximum atomic E-state index is 12.2. The number of carboxylic acids is 1. The van der Waals surface area contributed by atoms with Crippen LogP contribution in [0.2, 0.25) is 5.02 Å². The fourth-order valence-electron chi connectivity index (χ4n) is 1.96. The molecule has 0 radical (unpaired) electrons. The van der Waals surface area contributed by atoms with Crippen molar-refractivity contribution in [3.8, 4) is 0 Å². The standard InChI is InChI=1S/C15H21ClN2O3/c1-4-6-13(14(19)20)17-15(21)18(3)10(2)11-7-5-8-12(16)9-11/h5,7-10,13H,4,6H2,1-3H3,(H,17,21)(H,19,20)/t10?,13-/m1/s1. The van der Waals surface area contributed by atoms with Crippen LogP contribution in [-0.4, -0.2) is 35.1 Å². The van der Waals surface area contributed by atoms with Crippen LogP contribution in [0.25, 0.3) is 0 Å². The summed E-state index contributed by atoms with van der Waals surface area (Å²) in [5, 5.41) is 12.2. The first-order chi connectivity index (χ1) is 9.86. The number of benzene rings is 1. The predicted octanol–water partition coefficient (Wildman–Crippen LogP) is 3.30. The zero-order chi connectivity index (χ0) is 16.0. The smallest absolute Gasteiger partial charge is 0.326 e. The van der Waals surface area contributed by atoms with E-state index in [2.05, 4.69) is 5.32 Å². The third-order valence-corrected chi connectivity index (χ3v) is 3.64. The Balaban J connectivity index is 2.75. The molecule has 0 aliphatic rings. The van der Waals surface area contributed by atoms with E-state index in [-0.39, 0.29) is 6.04 Å². The van der Waals surface area contributed by atoms with Crippen LogP contribution < -0.4 is 5.32 Å². The van der Waals surface area contributed by atoms with Crippen molar-refractivity contribution in [3.05, 3.63) is 34.9 Å². The van der Waals surface area contributed by atoms with E-state index in [0.29, 0.717) is 17.9 Å². The number of nitrogens with zero attached hydrogens (tertiary/aromatic N) is 1. The Hall–Kier alpha value is -1.75. The molecule has 2 N–H and O–H groups in total. The number of aliphatic carboxylic acids is 1. The third-order valence-electron chi connectivity index (χ3n) is 3.41. The van der Waals surface area contributed by atoms with E-state index in [1.165, 1.54) is 4.90 Å². The second-order valence-electron chi connectivity index (χ2n) is 4.97. The van der Waals surface area contributed by atoms with Gasteiger partial charge >= 0.3 is 12.0 Å². The van der Waals surface area contributed by atoms with Crippen molar-refractivity contribution < 1.29 is 14.7 Å². The van der Waals surface area contributed by atoms with Crippen LogP contribution in [0.3, 0.4) is 0 Å². The van der Waals surface area contributed by atoms with Gasteiger partial charge in [-0.2, -0.15) is 0 Å². The largest absolute Gasteiger partial charge is 0.480 e. The molecule has 2 amide bonds. The number of nitrogens with one attached hydrogen (secondary N) is 1. The number of hydrogen-bond donors (Lipinski definition) is 2. The number of amides is 2. The molecule has 0 aliphatic heterocycles. The molecule has 0 aromatic heterocycles. The third kappa shape index (κ3) is 4.93. The van der Waals surface area contributed by atoms with E-state index in [1.807, 2.05) is 26.0 Å². The predicted molar refractivity (Wildman–Crippen MR) is 82.5 cm³/mol. The molecular formula is C15H21ClN2O3. The monoisotopic (exact) mass is 312 g/mol. The summed E-state index contributed by atoms with van der Waals surface area (Å²) in [6.07, 6.45) is 1.09. The summed E-state index contributed by atoms with van der Waals surface area (Å²) < 4.78 is 0. The van der Waals surface area contributed by atoms with Crippen LogP contribution in [0.15, 0.2) is 24.3 Å². The van der Waals surface area contributed by atoms with Crippen LogP contribution >= 0.6 is 11.6 Å². The van der Waals surface area contributed by atoms with E-state index < -0.39 is 18.0 Å². The first-order valence-electron chi connectivity index (χ1n) is 6.88. The lowest BCUT2D eigenvalue weighted by Crippen LogP contribution is -2.47. The molecule has 116 valence electrons. The number of hydrogen-bond acceptors (Lipinski definition) is 2. The molecule has 0 heterocycles. The van der Waals surface area contributed by atoms with Gasteiger partial charge in [-0.05, 0) is 31.0 Å². The van der Waals surface area contributed by atoms with Gasteiger partial charge in [0.25, 0.3) is 0 Å². The summed E-state index contributed by atoms with van der Waals surface area (Å²) in [4.78, 5) is 24.7. The minimum Gasteiger partial charge on any atom is -0.480 e. The Morgan fingerprint density at radius 2 is 2.10 bits per heavy atom. The van der Waals surface area contributed by atoms with Gasteiger partial charge in [-0.3, -0.25) is 0 Å². The van der Waals surface area contributed by atoms with Crippen molar-refractivity contribution in [2.45, 2.75) is 38.8 Å². The highest BCUT2D eigenvalue weighted by Gasteiger charge is 2.23. The summed E-state index contributed by atoms with van der Waals surface area (Å²) in [5.41, 5.74) is 0.891. The number of carbonyl (C=O) groups excluding carboxylic acids is 1. The fraction of sp³-hybridized carbons (Fsp3) is 0.467. The van der Waals surface area contributed by atoms with Crippen LogP contribution in [0, 0.1) is 0 Å². The molecule has 0 spiro atoms. The van der Waals surface area contributed by atoms with Crippen LogP contribution in [-0.2, 0) is 4.79 Å². The van der Waals surface area contributed by atoms with Crippen LogP contribution in [0.5, 0.6) is 0 Å². The molecule has 1 aromatic rings. The molecule has 1 aromatic carbocycles. The Morgan fingerprint density at radius 1 is 1.43 bits per heavy atom. The maximum Gasteiger partial charge on any atom is 0.326 e. The molecule has 1 rings (SSSR count). The van der Waals surface area contributed by atoms with Gasteiger partial charge in [-0.15, -0.1) is 0 Å². The Kier molecular flexibility index (Phi) is 6.49. The molecule has 5 nitrogen and oxygen atoms in total. The van der Waals surface area contributed by atoms with Gasteiger partial charge < -0.3 is 15.3 Å². The summed E-state index contributed by atoms with van der Waals surface area (Å²) >= 11 is 5.94. The highest BCUT2D eigenvalue weighted by molar-refractivity contribution is 6.30. The quantitative estimate of drug-likeness (QED) is 0.846. The maximum absolute atomic E-state index is 12.2. The van der Waals surface area contributed by atoms with Crippen LogP contribution in [0.1, 0.15) is 38.3 Å². The lowest BCUT2D eigenvalue weighted by Gasteiger charge is -2.27. The molecule has 1 unspecified atom stereocenters. The Labute approximate surface area is 129 Å². The molecule has 6 heteroatoms. The Bertz CT molecular complexity index is 507. The number of halogens is 1. The molecule has 0 aliphatic carbocycles.